The SMILES string of the molecule is Cc1nccc(CNCC2(O)CCC2)n1. The molecule has 0 spiro atoms. The fraction of sp³-hybridized carbons (Fsp3) is 0.636. The lowest BCUT2D eigenvalue weighted by Gasteiger charge is -2.36. The van der Waals surface area contributed by atoms with E-state index >= 15 is 0 Å². The summed E-state index contributed by atoms with van der Waals surface area (Å²) in [6.45, 7) is 3.24. The van der Waals surface area contributed by atoms with E-state index in [1.165, 1.54) is 0 Å². The van der Waals surface area contributed by atoms with Gasteiger partial charge in [-0.1, -0.05) is 0 Å². The van der Waals surface area contributed by atoms with Crippen LogP contribution in [0.1, 0.15) is 30.8 Å². The zero-order valence-electron chi connectivity index (χ0n) is 9.03. The third-order valence-electron chi connectivity index (χ3n) is 2.88. The number of aryl methyl sites for hydroxylation is 1. The number of hydrogen-bond acceptors (Lipinski definition) is 4. The predicted molar refractivity (Wildman–Crippen MR) is 57.3 cm³/mol. The molecule has 0 amide bonds. The van der Waals surface area contributed by atoms with Crippen molar-refractivity contribution in [1.82, 2.24) is 15.3 Å². The maximum atomic E-state index is 9.85. The average Bonchev–Trinajstić information content (AvgIpc) is 2.15. The lowest BCUT2D eigenvalue weighted by Crippen LogP contribution is -2.46. The molecular formula is C11H17N3O. The van der Waals surface area contributed by atoms with Crippen molar-refractivity contribution < 1.29 is 5.11 Å². The summed E-state index contributed by atoms with van der Waals surface area (Å²) >= 11 is 0. The number of rotatable bonds is 4. The number of nitrogens with zero attached hydrogens (tertiary/aromatic N) is 2. The second-order valence-electron chi connectivity index (χ2n) is 4.28. The molecule has 2 rings (SSSR count). The van der Waals surface area contributed by atoms with Gasteiger partial charge in [0.1, 0.15) is 5.82 Å². The normalized spacial score (nSPS) is 18.5. The van der Waals surface area contributed by atoms with Crippen molar-refractivity contribution in [1.29, 1.82) is 0 Å². The van der Waals surface area contributed by atoms with Gasteiger partial charge in [-0.25, -0.2) is 9.97 Å². The van der Waals surface area contributed by atoms with Crippen molar-refractivity contribution in [3.8, 4) is 0 Å². The van der Waals surface area contributed by atoms with E-state index in [9.17, 15) is 5.11 Å². The van der Waals surface area contributed by atoms with Crippen LogP contribution in [0.2, 0.25) is 0 Å². The van der Waals surface area contributed by atoms with E-state index in [1.807, 2.05) is 13.0 Å². The van der Waals surface area contributed by atoms with Crippen LogP contribution in [0.5, 0.6) is 0 Å². The maximum Gasteiger partial charge on any atom is 0.125 e. The zero-order chi connectivity index (χ0) is 10.7. The molecule has 0 aromatic carbocycles. The van der Waals surface area contributed by atoms with Crippen LogP contribution in [-0.2, 0) is 6.54 Å². The first-order valence-corrected chi connectivity index (χ1v) is 5.40. The maximum absolute atomic E-state index is 9.85. The van der Waals surface area contributed by atoms with Crippen LogP contribution in [-0.4, -0.2) is 27.2 Å². The Morgan fingerprint density at radius 3 is 2.93 bits per heavy atom. The van der Waals surface area contributed by atoms with Crippen LogP contribution < -0.4 is 5.32 Å². The molecule has 1 heterocycles. The van der Waals surface area contributed by atoms with Crippen LogP contribution in [0, 0.1) is 6.92 Å². The Bertz CT molecular complexity index is 336. The molecule has 1 saturated carbocycles. The van der Waals surface area contributed by atoms with Gasteiger partial charge in [-0.3, -0.25) is 0 Å². The number of hydrogen-bond donors (Lipinski definition) is 2. The van der Waals surface area contributed by atoms with Gasteiger partial charge in [-0.2, -0.15) is 0 Å². The summed E-state index contributed by atoms with van der Waals surface area (Å²) in [6, 6.07) is 1.89. The molecule has 0 saturated heterocycles. The highest BCUT2D eigenvalue weighted by molar-refractivity contribution is 5.01. The fourth-order valence-electron chi connectivity index (χ4n) is 1.79. The van der Waals surface area contributed by atoms with Gasteiger partial charge in [0.05, 0.1) is 11.3 Å². The number of nitrogens with one attached hydrogen (secondary N) is 1. The van der Waals surface area contributed by atoms with Crippen molar-refractivity contribution in [3.63, 3.8) is 0 Å². The van der Waals surface area contributed by atoms with Crippen LogP contribution in [0.15, 0.2) is 12.3 Å². The Kier molecular flexibility index (Phi) is 2.98. The Hall–Kier alpha value is -1.00. The molecule has 82 valence electrons. The van der Waals surface area contributed by atoms with Crippen LogP contribution in [0.25, 0.3) is 0 Å². The van der Waals surface area contributed by atoms with Crippen molar-refractivity contribution in [2.45, 2.75) is 38.3 Å². The van der Waals surface area contributed by atoms with Crippen molar-refractivity contribution >= 4 is 0 Å². The van der Waals surface area contributed by atoms with Gasteiger partial charge in [-0.15, -0.1) is 0 Å². The first kappa shape index (κ1) is 10.5. The lowest BCUT2D eigenvalue weighted by atomic mass is 9.80. The topological polar surface area (TPSA) is 58.0 Å². The molecule has 1 aliphatic rings. The molecule has 0 radical (unpaired) electrons. The Labute approximate surface area is 89.8 Å². The van der Waals surface area contributed by atoms with Crippen molar-refractivity contribution in [3.05, 3.63) is 23.8 Å². The van der Waals surface area contributed by atoms with Gasteiger partial charge in [0.15, 0.2) is 0 Å². The van der Waals surface area contributed by atoms with E-state index in [2.05, 4.69) is 15.3 Å². The van der Waals surface area contributed by atoms with Gasteiger partial charge in [0.2, 0.25) is 0 Å². The zero-order valence-corrected chi connectivity index (χ0v) is 9.03. The van der Waals surface area contributed by atoms with E-state index in [-0.39, 0.29) is 0 Å². The highest BCUT2D eigenvalue weighted by Crippen LogP contribution is 2.30. The minimum Gasteiger partial charge on any atom is -0.389 e. The van der Waals surface area contributed by atoms with Crippen molar-refractivity contribution in [2.75, 3.05) is 6.54 Å². The molecule has 4 heteroatoms. The van der Waals surface area contributed by atoms with E-state index in [1.54, 1.807) is 6.20 Å². The van der Waals surface area contributed by atoms with Crippen LogP contribution in [0.3, 0.4) is 0 Å². The molecule has 1 fully saturated rings. The Morgan fingerprint density at radius 2 is 2.33 bits per heavy atom. The smallest absolute Gasteiger partial charge is 0.125 e. The molecule has 4 nitrogen and oxygen atoms in total. The van der Waals surface area contributed by atoms with Gasteiger partial charge in [0, 0.05) is 19.3 Å². The molecule has 2 N–H and O–H groups in total. The lowest BCUT2D eigenvalue weighted by molar-refractivity contribution is -0.0315. The number of aromatic nitrogens is 2. The highest BCUT2D eigenvalue weighted by atomic mass is 16.3. The molecule has 0 atom stereocenters. The van der Waals surface area contributed by atoms with Gasteiger partial charge >= 0.3 is 0 Å². The van der Waals surface area contributed by atoms with Gasteiger partial charge in [0.25, 0.3) is 0 Å². The summed E-state index contributed by atoms with van der Waals surface area (Å²) in [5.41, 5.74) is 0.521. The Balaban J connectivity index is 1.78. The fourth-order valence-corrected chi connectivity index (χ4v) is 1.79. The van der Waals surface area contributed by atoms with E-state index in [0.29, 0.717) is 13.1 Å². The first-order valence-electron chi connectivity index (χ1n) is 5.40. The molecule has 1 aromatic heterocycles. The van der Waals surface area contributed by atoms with Gasteiger partial charge < -0.3 is 10.4 Å². The molecule has 0 bridgehead atoms. The molecular weight excluding hydrogens is 190 g/mol. The summed E-state index contributed by atoms with van der Waals surface area (Å²) < 4.78 is 0. The minimum atomic E-state index is -0.456. The average molecular weight is 207 g/mol. The molecule has 1 aromatic rings. The predicted octanol–water partition coefficient (Wildman–Crippen LogP) is 0.790. The third-order valence-corrected chi connectivity index (χ3v) is 2.88. The summed E-state index contributed by atoms with van der Waals surface area (Å²) in [5.74, 6) is 0.789. The quantitative estimate of drug-likeness (QED) is 0.766. The minimum absolute atomic E-state index is 0.456. The Morgan fingerprint density at radius 1 is 1.53 bits per heavy atom. The summed E-state index contributed by atoms with van der Waals surface area (Å²) in [7, 11) is 0. The molecule has 0 aliphatic heterocycles. The summed E-state index contributed by atoms with van der Waals surface area (Å²) in [4.78, 5) is 8.32. The van der Waals surface area contributed by atoms with E-state index in [0.717, 1.165) is 30.8 Å². The first-order chi connectivity index (χ1) is 7.18. The van der Waals surface area contributed by atoms with Crippen LogP contribution in [0.4, 0.5) is 0 Å². The number of aliphatic hydroxyl groups is 1. The molecule has 1 aliphatic carbocycles. The monoisotopic (exact) mass is 207 g/mol. The highest BCUT2D eigenvalue weighted by Gasteiger charge is 2.33. The molecule has 0 unspecified atom stereocenters. The second-order valence-corrected chi connectivity index (χ2v) is 4.28. The second kappa shape index (κ2) is 4.24. The van der Waals surface area contributed by atoms with Crippen LogP contribution >= 0.6 is 0 Å². The summed E-state index contributed by atoms with van der Waals surface area (Å²) in [6.07, 6.45) is 4.74. The van der Waals surface area contributed by atoms with E-state index < -0.39 is 5.60 Å². The van der Waals surface area contributed by atoms with Gasteiger partial charge in [-0.05, 0) is 32.3 Å². The van der Waals surface area contributed by atoms with Crippen molar-refractivity contribution in [2.24, 2.45) is 0 Å². The third kappa shape index (κ3) is 2.73. The largest absolute Gasteiger partial charge is 0.389 e. The van der Waals surface area contributed by atoms with E-state index in [4.69, 9.17) is 0 Å². The summed E-state index contributed by atoms with van der Waals surface area (Å²) in [5, 5.41) is 13.1. The standard InChI is InChI=1S/C11H17N3O/c1-9-13-6-3-10(14-9)7-12-8-11(15)4-2-5-11/h3,6,12,15H,2,4-5,7-8H2,1H3. The molecule has 15 heavy (non-hydrogen) atoms.